The van der Waals surface area contributed by atoms with E-state index in [4.69, 9.17) is 0 Å². The lowest BCUT2D eigenvalue weighted by atomic mass is 10.1. The predicted molar refractivity (Wildman–Crippen MR) is 87.3 cm³/mol. The van der Waals surface area contributed by atoms with Gasteiger partial charge >= 0.3 is 5.97 Å². The third kappa shape index (κ3) is 2.97. The molecule has 0 atom stereocenters. The zero-order chi connectivity index (χ0) is 18.1. The Morgan fingerprint density at radius 1 is 1.20 bits per heavy atom. The summed E-state index contributed by atoms with van der Waals surface area (Å²) in [5.74, 6) is -1.92. The average molecular weight is 342 g/mol. The minimum absolute atomic E-state index is 0.0437. The van der Waals surface area contributed by atoms with Crippen LogP contribution in [0.15, 0.2) is 53.3 Å². The molecule has 1 heterocycles. The highest BCUT2D eigenvalue weighted by Crippen LogP contribution is 2.25. The van der Waals surface area contributed by atoms with Gasteiger partial charge in [0.2, 0.25) is 0 Å². The van der Waals surface area contributed by atoms with Crippen LogP contribution in [0, 0.1) is 15.9 Å². The molecule has 0 aliphatic rings. The first-order valence-corrected chi connectivity index (χ1v) is 7.17. The molecule has 0 fully saturated rings. The molecule has 0 aliphatic heterocycles. The Hall–Kier alpha value is -3.55. The maximum absolute atomic E-state index is 13.0. The number of aromatic nitrogens is 1. The van der Waals surface area contributed by atoms with Crippen LogP contribution in [-0.4, -0.2) is 20.6 Å². The summed E-state index contributed by atoms with van der Waals surface area (Å²) in [6.07, 6.45) is 0. The van der Waals surface area contributed by atoms with Gasteiger partial charge in [-0.2, -0.15) is 0 Å². The summed E-state index contributed by atoms with van der Waals surface area (Å²) in [7, 11) is 0. The van der Waals surface area contributed by atoms with Crippen molar-refractivity contribution in [3.8, 4) is 0 Å². The summed E-state index contributed by atoms with van der Waals surface area (Å²) in [6, 6.07) is 10.5. The van der Waals surface area contributed by atoms with Crippen LogP contribution in [0.1, 0.15) is 15.9 Å². The van der Waals surface area contributed by atoms with Crippen molar-refractivity contribution in [2.24, 2.45) is 0 Å². The fraction of sp³-hybridized carbons (Fsp3) is 0.0588. The molecule has 2 aromatic carbocycles. The van der Waals surface area contributed by atoms with Crippen LogP contribution in [0.2, 0.25) is 0 Å². The fourth-order valence-corrected chi connectivity index (χ4v) is 2.63. The second kappa shape index (κ2) is 6.16. The molecule has 3 rings (SSSR count). The van der Waals surface area contributed by atoms with Crippen LogP contribution in [0.25, 0.3) is 10.9 Å². The van der Waals surface area contributed by atoms with Crippen molar-refractivity contribution >= 4 is 22.6 Å². The molecule has 126 valence electrons. The van der Waals surface area contributed by atoms with Crippen molar-refractivity contribution in [3.05, 3.63) is 85.9 Å². The van der Waals surface area contributed by atoms with Crippen LogP contribution in [0.3, 0.4) is 0 Å². The molecule has 0 aliphatic carbocycles. The first kappa shape index (κ1) is 16.3. The summed E-state index contributed by atoms with van der Waals surface area (Å²) in [6.45, 7) is -0.0437. The number of benzene rings is 2. The quantitative estimate of drug-likeness (QED) is 0.580. The molecule has 0 bridgehead atoms. The molecule has 0 amide bonds. The molecular weight excluding hydrogens is 331 g/mol. The van der Waals surface area contributed by atoms with E-state index in [0.29, 0.717) is 5.56 Å². The van der Waals surface area contributed by atoms with Gasteiger partial charge in [-0.05, 0) is 29.8 Å². The van der Waals surface area contributed by atoms with Crippen molar-refractivity contribution in [3.63, 3.8) is 0 Å². The van der Waals surface area contributed by atoms with Crippen molar-refractivity contribution in [2.75, 3.05) is 0 Å². The molecule has 0 unspecified atom stereocenters. The number of halogens is 1. The van der Waals surface area contributed by atoms with Crippen molar-refractivity contribution in [1.82, 2.24) is 4.57 Å². The maximum atomic E-state index is 13.0. The number of rotatable bonds is 4. The number of aromatic carboxylic acids is 1. The van der Waals surface area contributed by atoms with E-state index in [1.54, 1.807) is 0 Å². The van der Waals surface area contributed by atoms with E-state index in [9.17, 15) is 29.2 Å². The summed E-state index contributed by atoms with van der Waals surface area (Å²) >= 11 is 0. The van der Waals surface area contributed by atoms with Gasteiger partial charge in [0.1, 0.15) is 11.4 Å². The molecule has 25 heavy (non-hydrogen) atoms. The van der Waals surface area contributed by atoms with E-state index >= 15 is 0 Å². The standard InChI is InChI=1S/C17H11FN2O5/c18-11-6-4-10(5-7-11)9-19-14-2-1-3-15(20(24)25)12(14)8-13(16(19)21)17(22)23/h1-8H,9H2,(H,22,23). The Labute approximate surface area is 139 Å². The number of carboxylic acids is 1. The minimum atomic E-state index is -1.47. The lowest BCUT2D eigenvalue weighted by Gasteiger charge is -2.12. The van der Waals surface area contributed by atoms with Gasteiger partial charge in [-0.1, -0.05) is 18.2 Å². The van der Waals surface area contributed by atoms with Crippen LogP contribution in [0.5, 0.6) is 0 Å². The third-order valence-electron chi connectivity index (χ3n) is 3.80. The van der Waals surface area contributed by atoms with E-state index in [0.717, 1.165) is 10.6 Å². The number of fused-ring (bicyclic) bond motifs is 1. The van der Waals surface area contributed by atoms with E-state index in [-0.39, 0.29) is 23.1 Å². The second-order valence-corrected chi connectivity index (χ2v) is 5.35. The van der Waals surface area contributed by atoms with E-state index in [1.165, 1.54) is 42.5 Å². The Kier molecular flexibility index (Phi) is 4.02. The molecule has 8 heteroatoms. The van der Waals surface area contributed by atoms with E-state index in [1.807, 2.05) is 0 Å². The second-order valence-electron chi connectivity index (χ2n) is 5.35. The Bertz CT molecular complexity index is 1060. The van der Waals surface area contributed by atoms with E-state index in [2.05, 4.69) is 0 Å². The summed E-state index contributed by atoms with van der Waals surface area (Å²) in [5.41, 5.74) is -0.867. The smallest absolute Gasteiger partial charge is 0.341 e. The normalized spacial score (nSPS) is 10.8. The van der Waals surface area contributed by atoms with Crippen LogP contribution in [0.4, 0.5) is 10.1 Å². The Morgan fingerprint density at radius 2 is 1.88 bits per heavy atom. The van der Waals surface area contributed by atoms with Crippen LogP contribution < -0.4 is 5.56 Å². The Balaban J connectivity index is 2.31. The van der Waals surface area contributed by atoms with Gasteiger partial charge in [0, 0.05) is 6.07 Å². The number of hydrogen-bond donors (Lipinski definition) is 1. The largest absolute Gasteiger partial charge is 0.477 e. The molecule has 0 spiro atoms. The molecule has 1 N–H and O–H groups in total. The Morgan fingerprint density at radius 3 is 2.48 bits per heavy atom. The summed E-state index contributed by atoms with van der Waals surface area (Å²) in [5, 5.41) is 20.5. The molecule has 0 saturated carbocycles. The third-order valence-corrected chi connectivity index (χ3v) is 3.80. The highest BCUT2D eigenvalue weighted by molar-refractivity contribution is 5.96. The number of nitro benzene ring substituents is 1. The van der Waals surface area contributed by atoms with Gasteiger partial charge in [-0.3, -0.25) is 14.9 Å². The van der Waals surface area contributed by atoms with Gasteiger partial charge in [-0.25, -0.2) is 9.18 Å². The molecule has 7 nitrogen and oxygen atoms in total. The zero-order valence-electron chi connectivity index (χ0n) is 12.7. The van der Waals surface area contributed by atoms with E-state index < -0.39 is 27.8 Å². The number of nitro groups is 1. The molecular formula is C17H11FN2O5. The molecule has 0 saturated heterocycles. The first-order chi connectivity index (χ1) is 11.9. The number of carbonyl (C=O) groups is 1. The van der Waals surface area contributed by atoms with Gasteiger partial charge in [0.15, 0.2) is 0 Å². The lowest BCUT2D eigenvalue weighted by Crippen LogP contribution is -2.27. The van der Waals surface area contributed by atoms with Crippen molar-refractivity contribution in [2.45, 2.75) is 6.54 Å². The summed E-state index contributed by atoms with van der Waals surface area (Å²) in [4.78, 5) is 34.5. The zero-order valence-corrected chi connectivity index (χ0v) is 12.7. The number of pyridine rings is 1. The van der Waals surface area contributed by atoms with Crippen LogP contribution in [-0.2, 0) is 6.54 Å². The first-order valence-electron chi connectivity index (χ1n) is 7.17. The molecule has 0 radical (unpaired) electrons. The minimum Gasteiger partial charge on any atom is -0.477 e. The van der Waals surface area contributed by atoms with Gasteiger partial charge < -0.3 is 9.67 Å². The summed E-state index contributed by atoms with van der Waals surface area (Å²) < 4.78 is 14.2. The topological polar surface area (TPSA) is 102 Å². The van der Waals surface area contributed by atoms with Gasteiger partial charge in [0.05, 0.1) is 22.4 Å². The van der Waals surface area contributed by atoms with Gasteiger partial charge in [-0.15, -0.1) is 0 Å². The fourth-order valence-electron chi connectivity index (χ4n) is 2.63. The highest BCUT2D eigenvalue weighted by atomic mass is 19.1. The SMILES string of the molecule is O=C(O)c1cc2c([N+](=O)[O-])cccc2n(Cc2ccc(F)cc2)c1=O. The van der Waals surface area contributed by atoms with Crippen LogP contribution >= 0.6 is 0 Å². The maximum Gasteiger partial charge on any atom is 0.341 e. The number of carboxylic acid groups (broad SMARTS) is 1. The molecule has 1 aromatic heterocycles. The average Bonchev–Trinajstić information content (AvgIpc) is 2.57. The van der Waals surface area contributed by atoms with Gasteiger partial charge in [0.25, 0.3) is 11.2 Å². The number of non-ortho nitro benzene ring substituents is 1. The number of nitrogens with zero attached hydrogens (tertiary/aromatic N) is 2. The van der Waals surface area contributed by atoms with Crippen molar-refractivity contribution in [1.29, 1.82) is 0 Å². The lowest BCUT2D eigenvalue weighted by molar-refractivity contribution is -0.383. The monoisotopic (exact) mass is 342 g/mol. The van der Waals surface area contributed by atoms with Crippen molar-refractivity contribution < 1.29 is 19.2 Å². The molecule has 3 aromatic rings. The number of hydrogen-bond acceptors (Lipinski definition) is 4. The highest BCUT2D eigenvalue weighted by Gasteiger charge is 2.20. The predicted octanol–water partition coefficient (Wildman–Crippen LogP) is 2.80.